The molecule has 1 aromatic carbocycles. The van der Waals surface area contributed by atoms with Crippen molar-refractivity contribution in [1.29, 1.82) is 0 Å². The zero-order valence-corrected chi connectivity index (χ0v) is 13.5. The molecule has 1 aliphatic heterocycles. The molecular formula is C19H30N2. The van der Waals surface area contributed by atoms with E-state index in [1.165, 1.54) is 63.7 Å². The Morgan fingerprint density at radius 1 is 1.10 bits per heavy atom. The molecule has 0 radical (unpaired) electrons. The highest BCUT2D eigenvalue weighted by Gasteiger charge is 2.30. The van der Waals surface area contributed by atoms with Crippen LogP contribution >= 0.6 is 0 Å². The Bertz CT molecular complexity index is 422. The quantitative estimate of drug-likeness (QED) is 0.903. The zero-order valence-electron chi connectivity index (χ0n) is 13.5. The van der Waals surface area contributed by atoms with Crippen LogP contribution in [0.15, 0.2) is 30.3 Å². The van der Waals surface area contributed by atoms with Crippen molar-refractivity contribution in [2.24, 2.45) is 5.41 Å². The summed E-state index contributed by atoms with van der Waals surface area (Å²) in [7, 11) is 0. The largest absolute Gasteiger partial charge is 0.309 e. The minimum absolute atomic E-state index is 0.501. The molecule has 0 aromatic heterocycles. The molecule has 1 atom stereocenters. The number of rotatable bonds is 3. The molecule has 1 saturated heterocycles. The van der Waals surface area contributed by atoms with Crippen LogP contribution in [0.3, 0.4) is 0 Å². The molecule has 1 aromatic rings. The molecular weight excluding hydrogens is 256 g/mol. The molecule has 1 aliphatic carbocycles. The van der Waals surface area contributed by atoms with Crippen LogP contribution in [0, 0.1) is 5.41 Å². The van der Waals surface area contributed by atoms with Crippen LogP contribution in [0.5, 0.6) is 0 Å². The number of nitrogens with zero attached hydrogens (tertiary/aromatic N) is 1. The average Bonchev–Trinajstić information content (AvgIpc) is 2.74. The van der Waals surface area contributed by atoms with E-state index in [4.69, 9.17) is 0 Å². The molecule has 0 spiro atoms. The molecule has 1 heterocycles. The standard InChI is InChI=1S/C19H30N2/c1-19(11-6-3-7-12-19)16-21-14-8-13-20-18(15-21)17-9-4-2-5-10-17/h2,4-5,9-10,18,20H,3,6-8,11-16H2,1H3. The summed E-state index contributed by atoms with van der Waals surface area (Å²) >= 11 is 0. The van der Waals surface area contributed by atoms with Gasteiger partial charge in [-0.1, -0.05) is 56.5 Å². The Morgan fingerprint density at radius 3 is 2.62 bits per heavy atom. The van der Waals surface area contributed by atoms with E-state index >= 15 is 0 Å². The molecule has 116 valence electrons. The fraction of sp³-hybridized carbons (Fsp3) is 0.684. The van der Waals surface area contributed by atoms with Crippen LogP contribution in [-0.4, -0.2) is 31.1 Å². The molecule has 0 amide bonds. The minimum atomic E-state index is 0.501. The molecule has 2 heteroatoms. The van der Waals surface area contributed by atoms with Crippen LogP contribution in [0.2, 0.25) is 0 Å². The van der Waals surface area contributed by atoms with Gasteiger partial charge in [0.05, 0.1) is 0 Å². The molecule has 2 nitrogen and oxygen atoms in total. The topological polar surface area (TPSA) is 15.3 Å². The smallest absolute Gasteiger partial charge is 0.0449 e. The van der Waals surface area contributed by atoms with Gasteiger partial charge in [0, 0.05) is 19.1 Å². The van der Waals surface area contributed by atoms with Gasteiger partial charge in [-0.3, -0.25) is 0 Å². The third-order valence-electron chi connectivity index (χ3n) is 5.35. The average molecular weight is 286 g/mol. The van der Waals surface area contributed by atoms with Crippen molar-refractivity contribution in [3.63, 3.8) is 0 Å². The van der Waals surface area contributed by atoms with Gasteiger partial charge in [-0.25, -0.2) is 0 Å². The summed E-state index contributed by atoms with van der Waals surface area (Å²) in [4.78, 5) is 2.73. The Kier molecular flexibility index (Phi) is 4.97. The predicted octanol–water partition coefficient (Wildman–Crippen LogP) is 3.99. The SMILES string of the molecule is CC1(CN2CCCNC(c3ccccc3)C2)CCCCC1. The molecule has 2 aliphatic rings. The summed E-state index contributed by atoms with van der Waals surface area (Å²) in [5.41, 5.74) is 2.00. The molecule has 2 fully saturated rings. The highest BCUT2D eigenvalue weighted by Crippen LogP contribution is 2.37. The summed E-state index contributed by atoms with van der Waals surface area (Å²) in [6.45, 7) is 7.37. The lowest BCUT2D eigenvalue weighted by molar-refractivity contribution is 0.120. The first-order chi connectivity index (χ1) is 10.3. The molecule has 1 N–H and O–H groups in total. The van der Waals surface area contributed by atoms with Gasteiger partial charge >= 0.3 is 0 Å². The lowest BCUT2D eigenvalue weighted by Gasteiger charge is -2.38. The Morgan fingerprint density at radius 2 is 1.86 bits per heavy atom. The normalized spacial score (nSPS) is 27.2. The van der Waals surface area contributed by atoms with Crippen LogP contribution in [0.4, 0.5) is 0 Å². The minimum Gasteiger partial charge on any atom is -0.309 e. The molecule has 0 bridgehead atoms. The van der Waals surface area contributed by atoms with Crippen molar-refractivity contribution in [1.82, 2.24) is 10.2 Å². The summed E-state index contributed by atoms with van der Waals surface area (Å²) in [5.74, 6) is 0. The number of benzene rings is 1. The zero-order chi connectivity index (χ0) is 14.5. The maximum Gasteiger partial charge on any atom is 0.0449 e. The first-order valence-corrected chi connectivity index (χ1v) is 8.76. The van der Waals surface area contributed by atoms with Crippen molar-refractivity contribution in [2.75, 3.05) is 26.2 Å². The maximum atomic E-state index is 3.74. The summed E-state index contributed by atoms with van der Waals surface area (Å²) in [6, 6.07) is 11.5. The number of hydrogen-bond donors (Lipinski definition) is 1. The first kappa shape index (κ1) is 15.1. The van der Waals surface area contributed by atoms with Gasteiger partial charge in [-0.05, 0) is 43.3 Å². The van der Waals surface area contributed by atoms with Crippen molar-refractivity contribution < 1.29 is 0 Å². The maximum absolute atomic E-state index is 3.74. The highest BCUT2D eigenvalue weighted by atomic mass is 15.2. The lowest BCUT2D eigenvalue weighted by Crippen LogP contribution is -2.40. The van der Waals surface area contributed by atoms with E-state index in [0.29, 0.717) is 11.5 Å². The Labute approximate surface area is 129 Å². The van der Waals surface area contributed by atoms with Crippen LogP contribution < -0.4 is 5.32 Å². The molecule has 1 saturated carbocycles. The van der Waals surface area contributed by atoms with Gasteiger partial charge in [0.25, 0.3) is 0 Å². The van der Waals surface area contributed by atoms with E-state index in [2.05, 4.69) is 47.5 Å². The second-order valence-corrected chi connectivity index (χ2v) is 7.38. The summed E-state index contributed by atoms with van der Waals surface area (Å²) in [6.07, 6.45) is 8.44. The molecule has 1 unspecified atom stereocenters. The molecule has 3 rings (SSSR count). The second kappa shape index (κ2) is 6.93. The van der Waals surface area contributed by atoms with E-state index < -0.39 is 0 Å². The third kappa shape index (κ3) is 4.08. The van der Waals surface area contributed by atoms with Crippen LogP contribution in [-0.2, 0) is 0 Å². The lowest BCUT2D eigenvalue weighted by atomic mass is 9.75. The van der Waals surface area contributed by atoms with E-state index in [1.807, 2.05) is 0 Å². The van der Waals surface area contributed by atoms with Crippen LogP contribution in [0.1, 0.15) is 57.1 Å². The summed E-state index contributed by atoms with van der Waals surface area (Å²) < 4.78 is 0. The van der Waals surface area contributed by atoms with Crippen molar-refractivity contribution in [3.05, 3.63) is 35.9 Å². The van der Waals surface area contributed by atoms with E-state index in [9.17, 15) is 0 Å². The van der Waals surface area contributed by atoms with E-state index in [0.717, 1.165) is 6.54 Å². The highest BCUT2D eigenvalue weighted by molar-refractivity contribution is 5.19. The number of hydrogen-bond acceptors (Lipinski definition) is 2. The van der Waals surface area contributed by atoms with Crippen LogP contribution in [0.25, 0.3) is 0 Å². The van der Waals surface area contributed by atoms with Crippen molar-refractivity contribution >= 4 is 0 Å². The van der Waals surface area contributed by atoms with Crippen molar-refractivity contribution in [3.8, 4) is 0 Å². The monoisotopic (exact) mass is 286 g/mol. The van der Waals surface area contributed by atoms with Crippen molar-refractivity contribution in [2.45, 2.75) is 51.5 Å². The van der Waals surface area contributed by atoms with Gasteiger partial charge in [-0.15, -0.1) is 0 Å². The Balaban J connectivity index is 1.65. The van der Waals surface area contributed by atoms with E-state index in [1.54, 1.807) is 0 Å². The first-order valence-electron chi connectivity index (χ1n) is 8.76. The van der Waals surface area contributed by atoms with Gasteiger partial charge in [-0.2, -0.15) is 0 Å². The second-order valence-electron chi connectivity index (χ2n) is 7.38. The van der Waals surface area contributed by atoms with Gasteiger partial charge in [0.15, 0.2) is 0 Å². The van der Waals surface area contributed by atoms with Gasteiger partial charge in [0.2, 0.25) is 0 Å². The van der Waals surface area contributed by atoms with E-state index in [-0.39, 0.29) is 0 Å². The summed E-state index contributed by atoms with van der Waals surface area (Å²) in [5, 5.41) is 3.74. The van der Waals surface area contributed by atoms with Gasteiger partial charge < -0.3 is 10.2 Å². The Hall–Kier alpha value is -0.860. The number of nitrogens with one attached hydrogen (secondary N) is 1. The predicted molar refractivity (Wildman–Crippen MR) is 89.4 cm³/mol. The van der Waals surface area contributed by atoms with Gasteiger partial charge in [0.1, 0.15) is 0 Å². The molecule has 21 heavy (non-hydrogen) atoms. The fourth-order valence-electron chi connectivity index (χ4n) is 4.15. The fourth-order valence-corrected chi connectivity index (χ4v) is 4.15. The third-order valence-corrected chi connectivity index (χ3v) is 5.35.